The molecule has 0 spiro atoms. The van der Waals surface area contributed by atoms with Gasteiger partial charge in [-0.05, 0) is 98.3 Å². The highest BCUT2D eigenvalue weighted by Gasteiger charge is 2.39. The zero-order valence-corrected chi connectivity index (χ0v) is 33.5. The predicted molar refractivity (Wildman–Crippen MR) is 236 cm³/mol. The third kappa shape index (κ3) is 5.10. The van der Waals surface area contributed by atoms with Gasteiger partial charge in [0.15, 0.2) is 0 Å². The van der Waals surface area contributed by atoms with Gasteiger partial charge < -0.3 is 13.7 Å². The molecule has 2 aromatic heterocycles. The number of rotatable bonds is 4. The highest BCUT2D eigenvalue weighted by Crippen LogP contribution is 2.55. The first kappa shape index (κ1) is 34.4. The molecular formula is C53H47NO2. The van der Waals surface area contributed by atoms with E-state index in [0.29, 0.717) is 0 Å². The molecule has 9 aromatic rings. The van der Waals surface area contributed by atoms with Gasteiger partial charge in [-0.3, -0.25) is 0 Å². The summed E-state index contributed by atoms with van der Waals surface area (Å²) in [5.41, 5.74) is 16.7. The second-order valence-corrected chi connectivity index (χ2v) is 18.2. The van der Waals surface area contributed by atoms with Crippen molar-refractivity contribution in [1.29, 1.82) is 0 Å². The molecule has 0 bridgehead atoms. The lowest BCUT2D eigenvalue weighted by atomic mass is 9.79. The molecule has 10 rings (SSSR count). The number of anilines is 3. The maximum Gasteiger partial charge on any atom is 0.139 e. The molecule has 0 fully saturated rings. The molecule has 0 amide bonds. The van der Waals surface area contributed by atoms with Crippen LogP contribution in [-0.2, 0) is 16.2 Å². The number of hydrogen-bond donors (Lipinski definition) is 0. The van der Waals surface area contributed by atoms with E-state index in [1.165, 1.54) is 33.4 Å². The van der Waals surface area contributed by atoms with E-state index in [4.69, 9.17) is 8.83 Å². The van der Waals surface area contributed by atoms with E-state index in [2.05, 4.69) is 194 Å². The summed E-state index contributed by atoms with van der Waals surface area (Å²) in [5, 5.41) is 4.54. The van der Waals surface area contributed by atoms with Crippen molar-refractivity contribution in [3.05, 3.63) is 162 Å². The van der Waals surface area contributed by atoms with Crippen molar-refractivity contribution in [3.63, 3.8) is 0 Å². The van der Waals surface area contributed by atoms with Gasteiger partial charge in [-0.25, -0.2) is 0 Å². The van der Waals surface area contributed by atoms with Crippen LogP contribution >= 0.6 is 0 Å². The molecule has 7 aromatic carbocycles. The van der Waals surface area contributed by atoms with Crippen LogP contribution in [0.25, 0.3) is 66.1 Å². The summed E-state index contributed by atoms with van der Waals surface area (Å²) in [4.78, 5) is 2.50. The number of para-hydroxylation sites is 1. The average Bonchev–Trinajstić information content (AvgIpc) is 3.82. The van der Waals surface area contributed by atoms with Gasteiger partial charge in [-0.1, -0.05) is 146 Å². The van der Waals surface area contributed by atoms with E-state index in [1.807, 2.05) is 6.07 Å². The third-order valence-electron chi connectivity index (χ3n) is 12.1. The van der Waals surface area contributed by atoms with Crippen molar-refractivity contribution in [2.24, 2.45) is 0 Å². The summed E-state index contributed by atoms with van der Waals surface area (Å²) in [6.07, 6.45) is 0. The molecule has 3 nitrogen and oxygen atoms in total. The topological polar surface area (TPSA) is 29.5 Å². The molecule has 3 heteroatoms. The summed E-state index contributed by atoms with van der Waals surface area (Å²) >= 11 is 0. The van der Waals surface area contributed by atoms with Crippen LogP contribution in [0.4, 0.5) is 17.1 Å². The van der Waals surface area contributed by atoms with Crippen LogP contribution in [0.15, 0.2) is 148 Å². The van der Waals surface area contributed by atoms with Crippen LogP contribution in [0.1, 0.15) is 77.6 Å². The summed E-state index contributed by atoms with van der Waals surface area (Å²) < 4.78 is 13.3. The Balaban J connectivity index is 1.30. The Morgan fingerprint density at radius 2 is 1.14 bits per heavy atom. The zero-order chi connectivity index (χ0) is 38.7. The summed E-state index contributed by atoms with van der Waals surface area (Å²) in [6.45, 7) is 18.5. The molecule has 1 aliphatic carbocycles. The maximum absolute atomic E-state index is 6.96. The van der Waals surface area contributed by atoms with Crippen molar-refractivity contribution >= 4 is 60.9 Å². The van der Waals surface area contributed by atoms with Crippen molar-refractivity contribution in [2.75, 3.05) is 4.90 Å². The van der Waals surface area contributed by atoms with E-state index in [1.54, 1.807) is 0 Å². The van der Waals surface area contributed by atoms with Crippen molar-refractivity contribution in [3.8, 4) is 22.3 Å². The van der Waals surface area contributed by atoms with E-state index in [-0.39, 0.29) is 16.2 Å². The summed E-state index contributed by atoms with van der Waals surface area (Å²) in [5.74, 6) is 0. The van der Waals surface area contributed by atoms with Crippen LogP contribution in [0.3, 0.4) is 0 Å². The fourth-order valence-electron chi connectivity index (χ4n) is 9.33. The Morgan fingerprint density at radius 1 is 0.500 bits per heavy atom. The predicted octanol–water partition coefficient (Wildman–Crippen LogP) is 15.5. The van der Waals surface area contributed by atoms with Crippen LogP contribution in [0.5, 0.6) is 0 Å². The van der Waals surface area contributed by atoms with Gasteiger partial charge in [0.2, 0.25) is 0 Å². The number of nitrogens with zero attached hydrogens (tertiary/aromatic N) is 1. The molecule has 0 atom stereocenters. The van der Waals surface area contributed by atoms with Gasteiger partial charge in [-0.2, -0.15) is 0 Å². The normalized spacial score (nSPS) is 13.9. The highest BCUT2D eigenvalue weighted by molar-refractivity contribution is 6.15. The monoisotopic (exact) mass is 729 g/mol. The Labute approximate surface area is 329 Å². The standard InChI is InChI=1S/C53H47NO2/c1-51(2,3)33-30-39-48-42(24-16-28-46(48)56-50(39)41(31-33)52(4,5)6)54(43-25-14-22-37-36-19-9-11-23-40(36)53(7,8)49(37)43)34-18-13-17-32(29-34)35-21-15-27-45-47(35)38-20-10-12-26-44(38)55-45/h9-31H,1-8H3. The first-order valence-electron chi connectivity index (χ1n) is 19.9. The largest absolute Gasteiger partial charge is 0.456 e. The Kier molecular flexibility index (Phi) is 7.36. The minimum atomic E-state index is -0.231. The molecule has 1 aliphatic rings. The van der Waals surface area contributed by atoms with E-state index in [0.717, 1.165) is 72.1 Å². The van der Waals surface area contributed by atoms with Crippen LogP contribution in [0.2, 0.25) is 0 Å². The molecule has 0 saturated carbocycles. The van der Waals surface area contributed by atoms with Gasteiger partial charge in [0.05, 0.1) is 16.8 Å². The SMILES string of the molecule is CC(C)(C)c1cc(C(C)(C)C)c2oc3cccc(N(c4cccc(-c5cccc6oc7ccccc7c56)c4)c4cccc5c4C(C)(C)c4ccccc4-5)c3c2c1. The summed E-state index contributed by atoms with van der Waals surface area (Å²) in [6, 6.07) is 50.9. The van der Waals surface area contributed by atoms with Crippen LogP contribution in [-0.4, -0.2) is 0 Å². The third-order valence-corrected chi connectivity index (χ3v) is 12.1. The van der Waals surface area contributed by atoms with Crippen molar-refractivity contribution in [1.82, 2.24) is 0 Å². The van der Waals surface area contributed by atoms with E-state index >= 15 is 0 Å². The Morgan fingerprint density at radius 3 is 1.95 bits per heavy atom. The number of hydrogen-bond acceptors (Lipinski definition) is 3. The number of benzene rings is 7. The molecule has 0 saturated heterocycles. The molecule has 0 N–H and O–H groups in total. The fraction of sp³-hybridized carbons (Fsp3) is 0.208. The molecule has 0 aliphatic heterocycles. The first-order valence-corrected chi connectivity index (χ1v) is 19.9. The molecule has 0 radical (unpaired) electrons. The molecule has 0 unspecified atom stereocenters. The zero-order valence-electron chi connectivity index (χ0n) is 33.5. The second kappa shape index (κ2) is 12.0. The van der Waals surface area contributed by atoms with Crippen LogP contribution < -0.4 is 4.90 Å². The minimum Gasteiger partial charge on any atom is -0.456 e. The fourth-order valence-corrected chi connectivity index (χ4v) is 9.33. The lowest BCUT2D eigenvalue weighted by Crippen LogP contribution is -2.20. The van der Waals surface area contributed by atoms with Gasteiger partial charge in [0.1, 0.15) is 22.3 Å². The molecule has 56 heavy (non-hydrogen) atoms. The van der Waals surface area contributed by atoms with Crippen LogP contribution in [0, 0.1) is 0 Å². The molecule has 2 heterocycles. The Hall–Kier alpha value is -6.06. The molecule has 276 valence electrons. The lowest BCUT2D eigenvalue weighted by Gasteiger charge is -2.33. The lowest BCUT2D eigenvalue weighted by molar-refractivity contribution is 0.559. The number of fused-ring (bicyclic) bond motifs is 9. The van der Waals surface area contributed by atoms with Gasteiger partial charge in [0.25, 0.3) is 0 Å². The van der Waals surface area contributed by atoms with Gasteiger partial charge >= 0.3 is 0 Å². The summed E-state index contributed by atoms with van der Waals surface area (Å²) in [7, 11) is 0. The quantitative estimate of drug-likeness (QED) is 0.181. The first-order chi connectivity index (χ1) is 26.8. The van der Waals surface area contributed by atoms with Crippen molar-refractivity contribution < 1.29 is 8.83 Å². The van der Waals surface area contributed by atoms with Gasteiger partial charge in [-0.15, -0.1) is 0 Å². The van der Waals surface area contributed by atoms with Gasteiger partial charge in [0, 0.05) is 32.8 Å². The van der Waals surface area contributed by atoms with E-state index < -0.39 is 0 Å². The smallest absolute Gasteiger partial charge is 0.139 e. The van der Waals surface area contributed by atoms with Crippen molar-refractivity contribution in [2.45, 2.75) is 71.6 Å². The average molecular weight is 730 g/mol. The van der Waals surface area contributed by atoms with E-state index in [9.17, 15) is 0 Å². The Bertz CT molecular complexity index is 3030. The molecular weight excluding hydrogens is 683 g/mol. The maximum atomic E-state index is 6.96. The minimum absolute atomic E-state index is 0.0466. The second-order valence-electron chi connectivity index (χ2n) is 18.2. The number of furan rings is 2. The highest BCUT2D eigenvalue weighted by atomic mass is 16.3.